The first kappa shape index (κ1) is 682. The zero-order valence-corrected chi connectivity index (χ0v) is 39.7. The molecule has 0 fully saturated rings. The van der Waals surface area contributed by atoms with Crippen molar-refractivity contribution in [2.45, 2.75) is 0 Å². The van der Waals surface area contributed by atoms with Gasteiger partial charge < -0.3 is 1.43 Å². The van der Waals surface area contributed by atoms with E-state index in [2.05, 4.69) is 0 Å². The normalized spacial score (nSPS) is 0. The van der Waals surface area contributed by atoms with Gasteiger partial charge in [-0.05, 0) is 0 Å². The van der Waals surface area contributed by atoms with Crippen molar-refractivity contribution in [1.82, 2.24) is 0 Å². The van der Waals surface area contributed by atoms with Gasteiger partial charge in [-0.1, -0.05) is 0 Å². The molecule has 0 amide bonds. The maximum atomic E-state index is 0. The van der Waals surface area contributed by atoms with Crippen LogP contribution < -0.4 is 29.6 Å². The second kappa shape index (κ2) is 632. The van der Waals surface area contributed by atoms with Crippen LogP contribution in [0.5, 0.6) is 0 Å². The van der Waals surface area contributed by atoms with Crippen LogP contribution in [0.15, 0.2) is 0 Å². The number of halogens is 30. The van der Waals surface area contributed by atoms with Gasteiger partial charge in [0.05, 0.1) is 0 Å². The Hall–Kier alpha value is 9.70. The van der Waals surface area contributed by atoms with Gasteiger partial charge in [0.2, 0.25) is 0 Å². The Kier molecular flexibility index (Phi) is 13900. The van der Waals surface area contributed by atoms with Gasteiger partial charge in [0.25, 0.3) is 0 Å². The van der Waals surface area contributed by atoms with Gasteiger partial charge in [-0.2, -0.15) is 0 Å². The van der Waals surface area contributed by atoms with Gasteiger partial charge in [0.15, 0.2) is 0 Å². The molecule has 0 rings (SSSR count). The van der Waals surface area contributed by atoms with E-state index in [4.69, 9.17) is 0 Å². The Balaban J connectivity index is 0. The van der Waals surface area contributed by atoms with Gasteiger partial charge in [0, 0.05) is 0 Å². The molecule has 0 aromatic rings. The molecule has 0 heterocycles. The minimum Gasteiger partial charge on any atom is -1.00 e. The number of rotatable bonds is 0. The van der Waals surface area contributed by atoms with Crippen molar-refractivity contribution in [2.24, 2.45) is 0 Å². The number of hydrogen-bond acceptors (Lipinski definition) is 0. The number of hydrogen-bond donors (Lipinski definition) is 0. The van der Waals surface area contributed by atoms with Gasteiger partial charge >= 0.3 is 29.6 Å². The molecule has 31 heteroatoms. The Labute approximate surface area is 396 Å². The average Bonchev–Trinajstić information content (AvgIpc) is 0. The third kappa shape index (κ3) is 600. The molecule has 0 saturated carbocycles. The molecule has 0 aliphatic heterocycles. The standard InChI is InChI=1S/30ClH.Na.H/h30*1H;;/q;;;;;;;;;;;;;;;;;;;;;;;;;;;;;;+1;-1. The summed E-state index contributed by atoms with van der Waals surface area (Å²) >= 11 is 0. The zero-order chi connectivity index (χ0) is 0. The molecule has 0 saturated heterocycles. The topological polar surface area (TPSA) is 0 Å². The predicted octanol–water partition coefficient (Wildman–Crippen LogP) is 9.77. The van der Waals surface area contributed by atoms with Crippen LogP contribution in [0.4, 0.5) is 0 Å². The first-order chi connectivity index (χ1) is 0. The van der Waals surface area contributed by atoms with Crippen LogP contribution in [0.25, 0.3) is 0 Å². The molecule has 0 aromatic heterocycles. The van der Waals surface area contributed by atoms with Crippen LogP contribution in [0, 0.1) is 0 Å². The molecule has 0 aliphatic rings. The molecule has 0 aliphatic carbocycles. The Morgan fingerprint density at radius 2 is 0.0968 bits per heavy atom. The van der Waals surface area contributed by atoms with E-state index in [1.165, 1.54) is 0 Å². The fourth-order valence-electron chi connectivity index (χ4n) is 0. The van der Waals surface area contributed by atoms with Crippen molar-refractivity contribution in [1.29, 1.82) is 0 Å². The van der Waals surface area contributed by atoms with E-state index in [9.17, 15) is 0 Å². The summed E-state index contributed by atoms with van der Waals surface area (Å²) in [4.78, 5) is 0. The summed E-state index contributed by atoms with van der Waals surface area (Å²) in [7, 11) is 0. The third-order valence-electron chi connectivity index (χ3n) is 0. The SMILES string of the molecule is Cl.Cl.Cl.Cl.Cl.Cl.Cl.Cl.Cl.Cl.Cl.Cl.Cl.Cl.Cl.Cl.Cl.Cl.Cl.Cl.Cl.Cl.Cl.Cl.Cl.Cl.Cl.Cl.Cl.Cl.[H-].[Na+]. The van der Waals surface area contributed by atoms with Crippen LogP contribution in [0.3, 0.4) is 0 Å². The van der Waals surface area contributed by atoms with E-state index >= 15 is 0 Å². The fourth-order valence-corrected chi connectivity index (χ4v) is 0. The quantitative estimate of drug-likeness (QED) is 0.212. The molecule has 0 radical (unpaired) electrons. The molecule has 31 heavy (non-hydrogen) atoms. The van der Waals surface area contributed by atoms with E-state index < -0.39 is 0 Å². The van der Waals surface area contributed by atoms with Gasteiger partial charge in [0.1, 0.15) is 0 Å². The first-order valence-electron chi connectivity index (χ1n) is 0. The zero-order valence-electron chi connectivity index (χ0n) is 14.2. The summed E-state index contributed by atoms with van der Waals surface area (Å²) in [5, 5.41) is 0. The second-order valence-corrected chi connectivity index (χ2v) is 0. The van der Waals surface area contributed by atoms with E-state index in [0.29, 0.717) is 0 Å². The van der Waals surface area contributed by atoms with Gasteiger partial charge in [-0.3, -0.25) is 0 Å². The Morgan fingerprint density at radius 3 is 0.0968 bits per heavy atom. The van der Waals surface area contributed by atoms with Crippen molar-refractivity contribution in [3.63, 3.8) is 0 Å². The second-order valence-electron chi connectivity index (χ2n) is 0. The molecule has 242 valence electrons. The van der Waals surface area contributed by atoms with Crippen LogP contribution in [0.1, 0.15) is 1.43 Å². The van der Waals surface area contributed by atoms with Crippen molar-refractivity contribution < 1.29 is 31.0 Å². The molecule has 0 N–H and O–H groups in total. The Bertz CT molecular complexity index is 12.8. The van der Waals surface area contributed by atoms with Crippen molar-refractivity contribution in [3.8, 4) is 0 Å². The van der Waals surface area contributed by atoms with Crippen LogP contribution >= 0.6 is 372 Å². The molecule has 0 nitrogen and oxygen atoms in total. The molecule has 0 aromatic carbocycles. The van der Waals surface area contributed by atoms with Gasteiger partial charge in [-0.25, -0.2) is 0 Å². The van der Waals surface area contributed by atoms with Crippen LogP contribution in [-0.2, 0) is 0 Å². The van der Waals surface area contributed by atoms with E-state index in [1.54, 1.807) is 0 Å². The smallest absolute Gasteiger partial charge is 1.00 e. The molecular formula is H31Cl30Na. The van der Waals surface area contributed by atoms with Crippen molar-refractivity contribution in [2.75, 3.05) is 0 Å². The first-order valence-corrected chi connectivity index (χ1v) is 0. The van der Waals surface area contributed by atoms with Crippen molar-refractivity contribution in [3.05, 3.63) is 0 Å². The van der Waals surface area contributed by atoms with Crippen LogP contribution in [-0.4, -0.2) is 0 Å². The summed E-state index contributed by atoms with van der Waals surface area (Å²) in [5.41, 5.74) is 0. The summed E-state index contributed by atoms with van der Waals surface area (Å²) < 4.78 is 0. The Morgan fingerprint density at radius 1 is 0.0968 bits per heavy atom. The molecular weight excluding hydrogens is 1090 g/mol. The van der Waals surface area contributed by atoms with E-state index in [1.807, 2.05) is 0 Å². The minimum absolute atomic E-state index is 0. The van der Waals surface area contributed by atoms with Crippen molar-refractivity contribution >= 4 is 372 Å². The largest absolute Gasteiger partial charge is 1.00 e. The third-order valence-corrected chi connectivity index (χ3v) is 0. The van der Waals surface area contributed by atoms with E-state index in [-0.39, 0.29) is 403 Å². The molecule has 0 bridgehead atoms. The average molecular weight is 1120 g/mol. The molecule has 0 unspecified atom stereocenters. The van der Waals surface area contributed by atoms with E-state index in [0.717, 1.165) is 0 Å². The molecule has 0 spiro atoms. The monoisotopic (exact) mass is 1100 g/mol. The maximum absolute atomic E-state index is 0. The summed E-state index contributed by atoms with van der Waals surface area (Å²) in [6, 6.07) is 0. The molecule has 0 atom stereocenters. The summed E-state index contributed by atoms with van der Waals surface area (Å²) in [6.07, 6.45) is 0. The van der Waals surface area contributed by atoms with Crippen LogP contribution in [0.2, 0.25) is 0 Å². The van der Waals surface area contributed by atoms with Gasteiger partial charge in [-0.15, -0.1) is 372 Å². The summed E-state index contributed by atoms with van der Waals surface area (Å²) in [5.74, 6) is 0. The maximum Gasteiger partial charge on any atom is 1.00 e. The predicted molar refractivity (Wildman–Crippen MR) is 219 cm³/mol. The summed E-state index contributed by atoms with van der Waals surface area (Å²) in [6.45, 7) is 0. The minimum atomic E-state index is 0. The fraction of sp³-hybridized carbons (Fsp3) is 0.